The molecule has 0 aromatic heterocycles. The van der Waals surface area contributed by atoms with Gasteiger partial charge in [0.1, 0.15) is 0 Å². The van der Waals surface area contributed by atoms with Crippen molar-refractivity contribution in [1.82, 2.24) is 15.5 Å². The summed E-state index contributed by atoms with van der Waals surface area (Å²) in [5.74, 6) is -1.12. The van der Waals surface area contributed by atoms with Crippen LogP contribution in [-0.2, 0) is 0 Å². The average molecular weight is 434 g/mol. The maximum absolute atomic E-state index is 12.9. The molecule has 7 heteroatoms. The van der Waals surface area contributed by atoms with Crippen molar-refractivity contribution >= 4 is 23.6 Å². The lowest BCUT2D eigenvalue weighted by molar-refractivity contribution is 0.0548. The number of rotatable bonds is 6. The Hall–Kier alpha value is -3.48. The number of fused-ring (bicyclic) bond motifs is 1. The zero-order valence-corrected chi connectivity index (χ0v) is 18.1. The summed E-state index contributed by atoms with van der Waals surface area (Å²) >= 11 is 0. The number of imide groups is 1. The summed E-state index contributed by atoms with van der Waals surface area (Å²) in [6.45, 7) is 2.44. The molecule has 1 aliphatic heterocycles. The van der Waals surface area contributed by atoms with Crippen LogP contribution in [0.5, 0.6) is 0 Å². The van der Waals surface area contributed by atoms with Crippen LogP contribution in [0.1, 0.15) is 79.1 Å². The highest BCUT2D eigenvalue weighted by Gasteiger charge is 2.40. The molecule has 1 fully saturated rings. The Morgan fingerprint density at radius 2 is 1.47 bits per heavy atom. The molecule has 2 aromatic rings. The van der Waals surface area contributed by atoms with E-state index in [1.807, 2.05) is 19.1 Å². The van der Waals surface area contributed by atoms with E-state index in [2.05, 4.69) is 10.6 Å². The van der Waals surface area contributed by atoms with Gasteiger partial charge in [0.25, 0.3) is 23.6 Å². The number of aryl methyl sites for hydroxylation is 1. The minimum absolute atomic E-state index is 0.0505. The number of benzene rings is 2. The monoisotopic (exact) mass is 433 g/mol. The third kappa shape index (κ3) is 4.42. The van der Waals surface area contributed by atoms with Crippen molar-refractivity contribution in [3.05, 3.63) is 70.3 Å². The van der Waals surface area contributed by atoms with Crippen LogP contribution in [0.2, 0.25) is 0 Å². The number of carbonyl (C=O) groups excluding carboxylic acids is 4. The zero-order valence-electron chi connectivity index (χ0n) is 18.1. The predicted octanol–water partition coefficient (Wildman–Crippen LogP) is 3.08. The molecule has 0 unspecified atom stereocenters. The maximum atomic E-state index is 12.9. The van der Waals surface area contributed by atoms with Gasteiger partial charge in [0.2, 0.25) is 0 Å². The summed E-state index contributed by atoms with van der Waals surface area (Å²) in [4.78, 5) is 51.8. The Kier molecular flexibility index (Phi) is 6.35. The highest BCUT2D eigenvalue weighted by molar-refractivity contribution is 6.22. The van der Waals surface area contributed by atoms with Gasteiger partial charge in [0.15, 0.2) is 0 Å². The first-order valence-corrected chi connectivity index (χ1v) is 11.1. The van der Waals surface area contributed by atoms with Crippen molar-refractivity contribution in [1.29, 1.82) is 0 Å². The molecule has 0 atom stereocenters. The summed E-state index contributed by atoms with van der Waals surface area (Å²) < 4.78 is 0. The lowest BCUT2D eigenvalue weighted by Gasteiger charge is -2.29. The van der Waals surface area contributed by atoms with E-state index >= 15 is 0 Å². The molecule has 0 bridgehead atoms. The second-order valence-corrected chi connectivity index (χ2v) is 8.41. The van der Waals surface area contributed by atoms with Crippen LogP contribution >= 0.6 is 0 Å². The standard InChI is InChI=1S/C25H27N3O4/c1-16-6-5-7-17(14-16)22(29)26-12-13-27-23(30)18-10-11-20-21(15-18)25(32)28(24(20)31)19-8-3-2-4-9-19/h5-7,10-11,14-15,19H,2-4,8-9,12-13H2,1H3,(H,26,29)(H,27,30). The number of amides is 4. The van der Waals surface area contributed by atoms with E-state index in [1.165, 1.54) is 11.0 Å². The Morgan fingerprint density at radius 3 is 2.12 bits per heavy atom. The SMILES string of the molecule is Cc1cccc(C(=O)NCCNC(=O)c2ccc3c(c2)C(=O)N(C2CCCCC2)C3=O)c1. The molecule has 2 N–H and O–H groups in total. The average Bonchev–Trinajstić information content (AvgIpc) is 3.06. The van der Waals surface area contributed by atoms with Gasteiger partial charge < -0.3 is 10.6 Å². The molecule has 0 saturated heterocycles. The van der Waals surface area contributed by atoms with E-state index in [1.54, 1.807) is 24.3 Å². The molecular formula is C25H27N3O4. The molecule has 32 heavy (non-hydrogen) atoms. The lowest BCUT2D eigenvalue weighted by atomic mass is 9.94. The van der Waals surface area contributed by atoms with E-state index in [0.29, 0.717) is 22.3 Å². The van der Waals surface area contributed by atoms with Crippen molar-refractivity contribution in [3.63, 3.8) is 0 Å². The van der Waals surface area contributed by atoms with Crippen LogP contribution in [0.25, 0.3) is 0 Å². The quantitative estimate of drug-likeness (QED) is 0.541. The molecular weight excluding hydrogens is 406 g/mol. The molecule has 1 heterocycles. The second-order valence-electron chi connectivity index (χ2n) is 8.41. The normalized spacial score (nSPS) is 16.1. The fourth-order valence-corrected chi connectivity index (χ4v) is 4.41. The number of hydrogen-bond acceptors (Lipinski definition) is 4. The Bertz CT molecular complexity index is 1070. The van der Waals surface area contributed by atoms with Crippen molar-refractivity contribution in [2.75, 3.05) is 13.1 Å². The summed E-state index contributed by atoms with van der Waals surface area (Å²) in [5, 5.41) is 5.52. The first-order valence-electron chi connectivity index (χ1n) is 11.1. The van der Waals surface area contributed by atoms with Gasteiger partial charge in [-0.2, -0.15) is 0 Å². The first kappa shape index (κ1) is 21.7. The second kappa shape index (κ2) is 9.34. The third-order valence-corrected chi connectivity index (χ3v) is 6.10. The van der Waals surface area contributed by atoms with E-state index in [4.69, 9.17) is 0 Å². The van der Waals surface area contributed by atoms with Crippen LogP contribution in [0.4, 0.5) is 0 Å². The van der Waals surface area contributed by atoms with Gasteiger partial charge in [-0.3, -0.25) is 24.1 Å². The fourth-order valence-electron chi connectivity index (χ4n) is 4.41. The molecule has 1 saturated carbocycles. The van der Waals surface area contributed by atoms with Gasteiger partial charge >= 0.3 is 0 Å². The molecule has 4 rings (SSSR count). The van der Waals surface area contributed by atoms with Crippen LogP contribution in [-0.4, -0.2) is 47.7 Å². The topological polar surface area (TPSA) is 95.6 Å². The highest BCUT2D eigenvalue weighted by Crippen LogP contribution is 2.31. The summed E-state index contributed by atoms with van der Waals surface area (Å²) in [7, 11) is 0. The van der Waals surface area contributed by atoms with Crippen molar-refractivity contribution in [2.24, 2.45) is 0 Å². The Labute approximate surface area is 187 Å². The smallest absolute Gasteiger partial charge is 0.261 e. The molecule has 7 nitrogen and oxygen atoms in total. The van der Waals surface area contributed by atoms with Crippen LogP contribution in [0.15, 0.2) is 42.5 Å². The lowest BCUT2D eigenvalue weighted by Crippen LogP contribution is -2.40. The minimum atomic E-state index is -0.353. The first-order chi connectivity index (χ1) is 15.5. The molecule has 2 aliphatic rings. The van der Waals surface area contributed by atoms with Gasteiger partial charge in [-0.05, 0) is 50.1 Å². The Morgan fingerprint density at radius 1 is 0.844 bits per heavy atom. The van der Waals surface area contributed by atoms with Crippen molar-refractivity contribution in [2.45, 2.75) is 45.1 Å². The van der Waals surface area contributed by atoms with Crippen molar-refractivity contribution in [3.8, 4) is 0 Å². The number of carbonyl (C=O) groups is 4. The van der Waals surface area contributed by atoms with Gasteiger partial charge in [-0.15, -0.1) is 0 Å². The predicted molar refractivity (Wildman–Crippen MR) is 120 cm³/mol. The summed E-state index contributed by atoms with van der Waals surface area (Å²) in [5.41, 5.74) is 2.54. The number of nitrogens with zero attached hydrogens (tertiary/aromatic N) is 1. The van der Waals surface area contributed by atoms with Gasteiger partial charge in [0.05, 0.1) is 11.1 Å². The van der Waals surface area contributed by atoms with E-state index in [0.717, 1.165) is 37.7 Å². The molecule has 1 aliphatic carbocycles. The summed E-state index contributed by atoms with van der Waals surface area (Å²) in [6, 6.07) is 11.8. The molecule has 4 amide bonds. The Balaban J connectivity index is 1.34. The number of nitrogens with one attached hydrogen (secondary N) is 2. The van der Waals surface area contributed by atoms with Gasteiger partial charge in [-0.1, -0.05) is 37.0 Å². The molecule has 166 valence electrons. The largest absolute Gasteiger partial charge is 0.350 e. The van der Waals surface area contributed by atoms with E-state index in [9.17, 15) is 19.2 Å². The molecule has 0 spiro atoms. The van der Waals surface area contributed by atoms with Crippen LogP contribution < -0.4 is 10.6 Å². The minimum Gasteiger partial charge on any atom is -0.350 e. The van der Waals surface area contributed by atoms with Crippen LogP contribution in [0, 0.1) is 6.92 Å². The fraction of sp³-hybridized carbons (Fsp3) is 0.360. The highest BCUT2D eigenvalue weighted by atomic mass is 16.2. The van der Waals surface area contributed by atoms with Crippen LogP contribution in [0.3, 0.4) is 0 Å². The van der Waals surface area contributed by atoms with Crippen molar-refractivity contribution < 1.29 is 19.2 Å². The van der Waals surface area contributed by atoms with E-state index in [-0.39, 0.29) is 42.8 Å². The van der Waals surface area contributed by atoms with Gasteiger partial charge in [-0.25, -0.2) is 0 Å². The summed E-state index contributed by atoms with van der Waals surface area (Å²) in [6.07, 6.45) is 4.86. The maximum Gasteiger partial charge on any atom is 0.261 e. The third-order valence-electron chi connectivity index (χ3n) is 6.10. The molecule has 0 radical (unpaired) electrons. The zero-order chi connectivity index (χ0) is 22.7. The molecule has 2 aromatic carbocycles. The van der Waals surface area contributed by atoms with E-state index < -0.39 is 0 Å². The number of hydrogen-bond donors (Lipinski definition) is 2. The van der Waals surface area contributed by atoms with Gasteiger partial charge in [0, 0.05) is 30.3 Å².